The van der Waals surface area contributed by atoms with Crippen molar-refractivity contribution in [2.24, 2.45) is 0 Å². The molecule has 0 spiro atoms. The minimum atomic E-state index is -5.19. The Labute approximate surface area is 98.0 Å². The molecule has 1 heterocycles. The molecule has 9 heteroatoms. The zero-order valence-electron chi connectivity index (χ0n) is 7.99. The lowest BCUT2D eigenvalue weighted by Gasteiger charge is -2.03. The van der Waals surface area contributed by atoms with Crippen molar-refractivity contribution in [1.82, 2.24) is 4.98 Å². The van der Waals surface area contributed by atoms with Gasteiger partial charge in [-0.3, -0.25) is 4.79 Å². The number of aliphatic carboxylic acids is 1. The summed E-state index contributed by atoms with van der Waals surface area (Å²) in [7, 11) is 0. The van der Waals surface area contributed by atoms with Crippen molar-refractivity contribution in [1.29, 1.82) is 0 Å². The van der Waals surface area contributed by atoms with Crippen LogP contribution in [-0.2, 0) is 4.79 Å². The first-order valence-electron chi connectivity index (χ1n) is 3.83. The van der Waals surface area contributed by atoms with E-state index in [-0.39, 0.29) is 10.7 Å². The molecule has 17 heavy (non-hydrogen) atoms. The van der Waals surface area contributed by atoms with Gasteiger partial charge in [-0.2, -0.15) is 13.2 Å². The molecule has 0 saturated heterocycles. The lowest BCUT2D eigenvalue weighted by atomic mass is 10.3. The first-order valence-corrected chi connectivity index (χ1v) is 4.21. The van der Waals surface area contributed by atoms with Crippen molar-refractivity contribution >= 4 is 29.5 Å². The van der Waals surface area contributed by atoms with Crippen LogP contribution in [0.4, 0.5) is 18.9 Å². The number of pyridine rings is 1. The van der Waals surface area contributed by atoms with Gasteiger partial charge in [0.15, 0.2) is 6.29 Å². The maximum Gasteiger partial charge on any atom is 0.430 e. The van der Waals surface area contributed by atoms with Crippen LogP contribution in [0.3, 0.4) is 0 Å². The van der Waals surface area contributed by atoms with Crippen LogP contribution in [0.15, 0.2) is 12.3 Å². The normalized spacial score (nSPS) is 10.1. The summed E-state index contributed by atoms with van der Waals surface area (Å²) in [6.07, 6.45) is -3.16. The maximum absolute atomic E-state index is 10.5. The van der Waals surface area contributed by atoms with Gasteiger partial charge in [-0.05, 0) is 6.07 Å². The highest BCUT2D eigenvalue weighted by Gasteiger charge is 2.28. The third kappa shape index (κ3) is 5.16. The van der Waals surface area contributed by atoms with Gasteiger partial charge in [0, 0.05) is 11.9 Å². The number of rotatable bonds is 1. The summed E-state index contributed by atoms with van der Waals surface area (Å²) < 4.78 is 31.5. The number of nitrogens with zero attached hydrogens (tertiary/aromatic N) is 1. The molecule has 0 unspecified atom stereocenters. The molecule has 0 fully saturated rings. The Bertz CT molecular complexity index is 403. The van der Waals surface area contributed by atoms with E-state index in [1.165, 1.54) is 12.3 Å². The van der Waals surface area contributed by atoms with E-state index in [1.54, 1.807) is 0 Å². The van der Waals surface area contributed by atoms with Crippen molar-refractivity contribution in [3.05, 3.63) is 23.0 Å². The van der Waals surface area contributed by atoms with E-state index < -0.39 is 12.1 Å². The highest BCUT2D eigenvalue weighted by molar-refractivity contribution is 6.32. The number of carbonyl (C=O) groups is 2. The average molecular weight is 270 g/mol. The molecule has 0 radical (unpaired) electrons. The zero-order chi connectivity index (χ0) is 13.6. The number of carbonyl (C=O) groups excluding carboxylic acids is 2. The monoisotopic (exact) mass is 269 g/mol. The molecule has 94 valence electrons. The molecule has 1 rings (SSSR count). The summed E-state index contributed by atoms with van der Waals surface area (Å²) in [5.41, 5.74) is 5.99. The van der Waals surface area contributed by atoms with Gasteiger partial charge < -0.3 is 15.6 Å². The molecule has 0 aromatic carbocycles. The van der Waals surface area contributed by atoms with Crippen LogP contribution in [0.25, 0.3) is 0 Å². The largest absolute Gasteiger partial charge is 0.542 e. The molecule has 5 nitrogen and oxygen atoms in total. The van der Waals surface area contributed by atoms with Crippen LogP contribution in [0.1, 0.15) is 10.4 Å². The molecule has 0 aliphatic heterocycles. The molecule has 0 bridgehead atoms. The number of carboxylic acids is 1. The number of aromatic nitrogens is 1. The molecular formula is C8H5ClF3N2O3-. The summed E-state index contributed by atoms with van der Waals surface area (Å²) in [6, 6.07) is 1.52. The molecule has 2 N–H and O–H groups in total. The van der Waals surface area contributed by atoms with Gasteiger partial charge in [0.1, 0.15) is 11.1 Å². The van der Waals surface area contributed by atoms with Crippen molar-refractivity contribution in [3.63, 3.8) is 0 Å². The van der Waals surface area contributed by atoms with E-state index in [1.807, 2.05) is 0 Å². The molecular weight excluding hydrogens is 265 g/mol. The van der Waals surface area contributed by atoms with E-state index in [2.05, 4.69) is 4.98 Å². The smallest absolute Gasteiger partial charge is 0.430 e. The number of aldehydes is 1. The van der Waals surface area contributed by atoms with Gasteiger partial charge >= 0.3 is 6.18 Å². The Morgan fingerprint density at radius 1 is 1.53 bits per heavy atom. The third-order valence-corrected chi connectivity index (χ3v) is 1.63. The highest BCUT2D eigenvalue weighted by atomic mass is 35.5. The standard InChI is InChI=1S/C6H5ClN2O.C2HF3O2/c7-6-4(3-10)5(8)1-2-9-6;3-2(4,5)1(6)7/h1-3H,(H2,8,9);(H,6,7)/p-1. The Hall–Kier alpha value is -1.83. The first kappa shape index (κ1) is 15.2. The molecule has 1 aromatic rings. The Balaban J connectivity index is 0.000000325. The van der Waals surface area contributed by atoms with E-state index in [4.69, 9.17) is 27.2 Å². The van der Waals surface area contributed by atoms with Crippen molar-refractivity contribution in [3.8, 4) is 0 Å². The Kier molecular flexibility index (Phi) is 5.39. The van der Waals surface area contributed by atoms with Gasteiger partial charge in [-0.15, -0.1) is 0 Å². The minimum Gasteiger partial charge on any atom is -0.542 e. The molecule has 0 aliphatic rings. The van der Waals surface area contributed by atoms with E-state index in [9.17, 15) is 18.0 Å². The fourth-order valence-corrected chi connectivity index (χ4v) is 0.788. The van der Waals surface area contributed by atoms with Crippen LogP contribution in [-0.4, -0.2) is 23.4 Å². The second-order valence-electron chi connectivity index (χ2n) is 2.51. The third-order valence-electron chi connectivity index (χ3n) is 1.32. The van der Waals surface area contributed by atoms with E-state index >= 15 is 0 Å². The number of anilines is 1. The number of carboxylic acid groups (broad SMARTS) is 1. The number of hydrogen-bond acceptors (Lipinski definition) is 5. The fourth-order valence-electron chi connectivity index (χ4n) is 0.578. The van der Waals surface area contributed by atoms with Gasteiger partial charge in [-0.25, -0.2) is 4.98 Å². The molecule has 0 atom stereocenters. The van der Waals surface area contributed by atoms with Crippen molar-refractivity contribution in [2.75, 3.05) is 5.73 Å². The first-order chi connectivity index (χ1) is 7.70. The van der Waals surface area contributed by atoms with Crippen molar-refractivity contribution in [2.45, 2.75) is 6.18 Å². The summed E-state index contributed by atoms with van der Waals surface area (Å²) in [5.74, 6) is -3.01. The number of nitrogen functional groups attached to an aromatic ring is 1. The van der Waals surface area contributed by atoms with Gasteiger partial charge in [0.25, 0.3) is 0 Å². The maximum atomic E-state index is 10.5. The topological polar surface area (TPSA) is 96.1 Å². The van der Waals surface area contributed by atoms with E-state index in [0.29, 0.717) is 12.0 Å². The van der Waals surface area contributed by atoms with Crippen LogP contribution >= 0.6 is 11.6 Å². The lowest BCUT2D eigenvalue weighted by Crippen LogP contribution is -2.37. The number of hydrogen-bond donors (Lipinski definition) is 1. The van der Waals surface area contributed by atoms with Crippen LogP contribution in [0, 0.1) is 0 Å². The zero-order valence-corrected chi connectivity index (χ0v) is 8.75. The highest BCUT2D eigenvalue weighted by Crippen LogP contribution is 2.15. The summed E-state index contributed by atoms with van der Waals surface area (Å²) in [6.45, 7) is 0. The van der Waals surface area contributed by atoms with Gasteiger partial charge in [0.05, 0.1) is 5.56 Å². The molecule has 0 saturated carbocycles. The number of alkyl halides is 3. The lowest BCUT2D eigenvalue weighted by molar-refractivity contribution is -0.344. The quantitative estimate of drug-likeness (QED) is 0.589. The van der Waals surface area contributed by atoms with Gasteiger partial charge in [0.2, 0.25) is 0 Å². The molecule has 0 aliphatic carbocycles. The summed E-state index contributed by atoms with van der Waals surface area (Å²) in [4.78, 5) is 22.7. The van der Waals surface area contributed by atoms with Crippen LogP contribution in [0.2, 0.25) is 5.15 Å². The van der Waals surface area contributed by atoms with Crippen LogP contribution in [0.5, 0.6) is 0 Å². The Morgan fingerprint density at radius 3 is 2.24 bits per heavy atom. The molecule has 0 amide bonds. The van der Waals surface area contributed by atoms with Crippen LogP contribution < -0.4 is 10.8 Å². The fraction of sp³-hybridized carbons (Fsp3) is 0.125. The second kappa shape index (κ2) is 6.04. The predicted molar refractivity (Wildman–Crippen MR) is 50.1 cm³/mol. The van der Waals surface area contributed by atoms with E-state index in [0.717, 1.165) is 0 Å². The SMILES string of the molecule is Nc1ccnc(Cl)c1C=O.O=C([O-])C(F)(F)F. The second-order valence-corrected chi connectivity index (χ2v) is 2.87. The van der Waals surface area contributed by atoms with Crippen molar-refractivity contribution < 1.29 is 27.9 Å². The molecule has 1 aromatic heterocycles. The summed E-state index contributed by atoms with van der Waals surface area (Å²) in [5, 5.41) is 8.93. The minimum absolute atomic E-state index is 0.148. The average Bonchev–Trinajstić information content (AvgIpc) is 2.17. The summed E-state index contributed by atoms with van der Waals surface area (Å²) >= 11 is 5.51. The van der Waals surface area contributed by atoms with Gasteiger partial charge in [-0.1, -0.05) is 11.6 Å². The number of halogens is 4. The predicted octanol–water partition coefficient (Wildman–Crippen LogP) is 0.428. The Morgan fingerprint density at radius 2 is 2.00 bits per heavy atom. The number of nitrogens with two attached hydrogens (primary N) is 1.